The number of aliphatic hydroxyl groups excluding tert-OH is 1. The average molecular weight is 266 g/mol. The Hall–Kier alpha value is -1.52. The number of hydrogen-bond acceptors (Lipinski definition) is 3. The summed E-state index contributed by atoms with van der Waals surface area (Å²) >= 11 is 5.84. The standard InChI is InChI=1S/C13H16ClN3O/c1-9-12(7-17(2)16-9)13(8-18)15-11-5-3-10(14)4-6-11/h3-7,13,15,18H,8H2,1-2H3. The van der Waals surface area contributed by atoms with Crippen LogP contribution in [0.1, 0.15) is 17.3 Å². The van der Waals surface area contributed by atoms with E-state index in [0.29, 0.717) is 5.02 Å². The molecule has 2 N–H and O–H groups in total. The van der Waals surface area contributed by atoms with E-state index in [1.54, 1.807) is 4.68 Å². The molecule has 0 amide bonds. The number of benzene rings is 1. The van der Waals surface area contributed by atoms with Gasteiger partial charge in [-0.15, -0.1) is 0 Å². The lowest BCUT2D eigenvalue weighted by Gasteiger charge is -2.17. The van der Waals surface area contributed by atoms with Crippen LogP contribution in [-0.2, 0) is 7.05 Å². The number of aromatic nitrogens is 2. The van der Waals surface area contributed by atoms with Crippen molar-refractivity contribution in [1.29, 1.82) is 0 Å². The van der Waals surface area contributed by atoms with Gasteiger partial charge in [-0.25, -0.2) is 0 Å². The Labute approximate surface area is 111 Å². The molecule has 0 aliphatic carbocycles. The lowest BCUT2D eigenvalue weighted by atomic mass is 10.1. The molecule has 0 aliphatic heterocycles. The second-order valence-electron chi connectivity index (χ2n) is 4.23. The first-order valence-electron chi connectivity index (χ1n) is 5.73. The first kappa shape index (κ1) is 12.9. The molecule has 1 aromatic carbocycles. The van der Waals surface area contributed by atoms with Gasteiger partial charge in [0.25, 0.3) is 0 Å². The number of hydrogen-bond donors (Lipinski definition) is 2. The minimum Gasteiger partial charge on any atom is -0.394 e. The molecule has 0 spiro atoms. The topological polar surface area (TPSA) is 50.1 Å². The summed E-state index contributed by atoms with van der Waals surface area (Å²) in [6.45, 7) is 1.94. The zero-order valence-electron chi connectivity index (χ0n) is 10.4. The third-order valence-corrected chi connectivity index (χ3v) is 3.05. The summed E-state index contributed by atoms with van der Waals surface area (Å²) in [4.78, 5) is 0. The summed E-state index contributed by atoms with van der Waals surface area (Å²) in [6.07, 6.45) is 1.92. The molecule has 0 saturated carbocycles. The van der Waals surface area contributed by atoms with Crippen molar-refractivity contribution < 1.29 is 5.11 Å². The van der Waals surface area contributed by atoms with Crippen molar-refractivity contribution >= 4 is 17.3 Å². The van der Waals surface area contributed by atoms with E-state index in [1.807, 2.05) is 44.4 Å². The third kappa shape index (κ3) is 2.83. The molecular weight excluding hydrogens is 250 g/mol. The highest BCUT2D eigenvalue weighted by molar-refractivity contribution is 6.30. The number of rotatable bonds is 4. The Balaban J connectivity index is 2.19. The summed E-state index contributed by atoms with van der Waals surface area (Å²) in [5.74, 6) is 0. The van der Waals surface area contributed by atoms with E-state index in [-0.39, 0.29) is 12.6 Å². The molecule has 0 fully saturated rings. The highest BCUT2D eigenvalue weighted by atomic mass is 35.5. The van der Waals surface area contributed by atoms with Gasteiger partial charge in [-0.3, -0.25) is 4.68 Å². The minimum absolute atomic E-state index is 0.00909. The van der Waals surface area contributed by atoms with Crippen LogP contribution in [0.25, 0.3) is 0 Å². The number of aliphatic hydroxyl groups is 1. The molecule has 1 atom stereocenters. The van der Waals surface area contributed by atoms with Gasteiger partial charge in [0.2, 0.25) is 0 Å². The highest BCUT2D eigenvalue weighted by Crippen LogP contribution is 2.22. The monoisotopic (exact) mass is 265 g/mol. The number of aryl methyl sites for hydroxylation is 2. The Morgan fingerprint density at radius 1 is 1.39 bits per heavy atom. The molecule has 0 saturated heterocycles. The second kappa shape index (κ2) is 5.42. The zero-order chi connectivity index (χ0) is 13.1. The van der Waals surface area contributed by atoms with Crippen molar-refractivity contribution in [3.63, 3.8) is 0 Å². The van der Waals surface area contributed by atoms with Gasteiger partial charge >= 0.3 is 0 Å². The first-order valence-corrected chi connectivity index (χ1v) is 6.11. The van der Waals surface area contributed by atoms with Gasteiger partial charge in [-0.2, -0.15) is 5.10 Å². The van der Waals surface area contributed by atoms with E-state index in [1.165, 1.54) is 0 Å². The number of anilines is 1. The Morgan fingerprint density at radius 3 is 2.56 bits per heavy atom. The van der Waals surface area contributed by atoms with Crippen LogP contribution < -0.4 is 5.32 Å². The maximum Gasteiger partial charge on any atom is 0.0778 e. The summed E-state index contributed by atoms with van der Waals surface area (Å²) < 4.78 is 1.75. The van der Waals surface area contributed by atoms with Crippen molar-refractivity contribution in [3.05, 3.63) is 46.7 Å². The van der Waals surface area contributed by atoms with Gasteiger partial charge in [0.1, 0.15) is 0 Å². The lowest BCUT2D eigenvalue weighted by Crippen LogP contribution is -2.15. The van der Waals surface area contributed by atoms with Crippen LogP contribution in [0.3, 0.4) is 0 Å². The zero-order valence-corrected chi connectivity index (χ0v) is 11.1. The van der Waals surface area contributed by atoms with Crippen LogP contribution in [0.5, 0.6) is 0 Å². The van der Waals surface area contributed by atoms with Crippen molar-refractivity contribution in [2.24, 2.45) is 7.05 Å². The van der Waals surface area contributed by atoms with Crippen LogP contribution in [0, 0.1) is 6.92 Å². The quantitative estimate of drug-likeness (QED) is 0.893. The molecule has 0 bridgehead atoms. The van der Waals surface area contributed by atoms with Crippen LogP contribution in [0.2, 0.25) is 5.02 Å². The van der Waals surface area contributed by atoms with E-state index in [4.69, 9.17) is 11.6 Å². The lowest BCUT2D eigenvalue weighted by molar-refractivity contribution is 0.276. The normalized spacial score (nSPS) is 12.4. The summed E-state index contributed by atoms with van der Waals surface area (Å²) in [6, 6.07) is 7.23. The molecule has 2 aromatic rings. The molecule has 4 nitrogen and oxygen atoms in total. The molecule has 1 aromatic heterocycles. The predicted octanol–water partition coefficient (Wildman–Crippen LogP) is 2.53. The van der Waals surface area contributed by atoms with Gasteiger partial charge < -0.3 is 10.4 Å². The predicted molar refractivity (Wildman–Crippen MR) is 72.8 cm³/mol. The summed E-state index contributed by atoms with van der Waals surface area (Å²) in [7, 11) is 1.87. The number of nitrogens with one attached hydrogen (secondary N) is 1. The summed E-state index contributed by atoms with van der Waals surface area (Å²) in [5, 5.41) is 17.7. The van der Waals surface area contributed by atoms with Crippen LogP contribution >= 0.6 is 11.6 Å². The fourth-order valence-electron chi connectivity index (χ4n) is 1.93. The van der Waals surface area contributed by atoms with Gasteiger partial charge in [0.05, 0.1) is 18.3 Å². The molecule has 0 radical (unpaired) electrons. The maximum absolute atomic E-state index is 9.50. The van der Waals surface area contributed by atoms with E-state index in [0.717, 1.165) is 16.9 Å². The van der Waals surface area contributed by atoms with E-state index < -0.39 is 0 Å². The van der Waals surface area contributed by atoms with Gasteiger partial charge in [-0.05, 0) is 31.2 Å². The second-order valence-corrected chi connectivity index (χ2v) is 4.67. The highest BCUT2D eigenvalue weighted by Gasteiger charge is 2.15. The van der Waals surface area contributed by atoms with E-state index in [9.17, 15) is 5.11 Å². The Bertz CT molecular complexity index is 522. The number of halogens is 1. The van der Waals surface area contributed by atoms with Crippen LogP contribution in [-0.4, -0.2) is 21.5 Å². The molecule has 2 rings (SSSR count). The van der Waals surface area contributed by atoms with E-state index >= 15 is 0 Å². The van der Waals surface area contributed by atoms with E-state index in [2.05, 4.69) is 10.4 Å². The van der Waals surface area contributed by atoms with Crippen LogP contribution in [0.4, 0.5) is 5.69 Å². The van der Waals surface area contributed by atoms with Gasteiger partial charge in [-0.1, -0.05) is 11.6 Å². The molecular formula is C13H16ClN3O. The largest absolute Gasteiger partial charge is 0.394 e. The molecule has 5 heteroatoms. The van der Waals surface area contributed by atoms with Crippen molar-refractivity contribution in [2.45, 2.75) is 13.0 Å². The summed E-state index contributed by atoms with van der Waals surface area (Å²) in [5.41, 5.74) is 2.83. The molecule has 18 heavy (non-hydrogen) atoms. The van der Waals surface area contributed by atoms with Crippen molar-refractivity contribution in [1.82, 2.24) is 9.78 Å². The SMILES string of the molecule is Cc1nn(C)cc1C(CO)Nc1ccc(Cl)cc1. The van der Waals surface area contributed by atoms with Crippen LogP contribution in [0.15, 0.2) is 30.5 Å². The fourth-order valence-corrected chi connectivity index (χ4v) is 2.06. The smallest absolute Gasteiger partial charge is 0.0778 e. The minimum atomic E-state index is -0.167. The molecule has 0 aliphatic rings. The molecule has 1 unspecified atom stereocenters. The Morgan fingerprint density at radius 2 is 2.06 bits per heavy atom. The average Bonchev–Trinajstić information content (AvgIpc) is 2.68. The molecule has 96 valence electrons. The third-order valence-electron chi connectivity index (χ3n) is 2.79. The first-order chi connectivity index (χ1) is 8.60. The van der Waals surface area contributed by atoms with Crippen molar-refractivity contribution in [2.75, 3.05) is 11.9 Å². The molecule has 1 heterocycles. The number of nitrogens with zero attached hydrogens (tertiary/aromatic N) is 2. The van der Waals surface area contributed by atoms with Gasteiger partial charge in [0, 0.05) is 29.5 Å². The fraction of sp³-hybridized carbons (Fsp3) is 0.308. The van der Waals surface area contributed by atoms with Gasteiger partial charge in [0.15, 0.2) is 0 Å². The van der Waals surface area contributed by atoms with Crippen molar-refractivity contribution in [3.8, 4) is 0 Å². The Kier molecular flexibility index (Phi) is 3.89. The maximum atomic E-state index is 9.50.